The smallest absolute Gasteiger partial charge is 0.135 e. The van der Waals surface area contributed by atoms with Crippen molar-refractivity contribution in [1.29, 1.82) is 0 Å². The van der Waals surface area contributed by atoms with E-state index in [1.54, 1.807) is 0 Å². The van der Waals surface area contributed by atoms with Gasteiger partial charge in [0.15, 0.2) is 0 Å². The Bertz CT molecular complexity index is 3260. The molecule has 3 heteroatoms. The monoisotopic (exact) mass is 700 g/mol. The van der Waals surface area contributed by atoms with Gasteiger partial charge in [0.05, 0.1) is 11.0 Å². The van der Waals surface area contributed by atoms with Gasteiger partial charge in [-0.1, -0.05) is 121 Å². The number of furan rings is 1. The summed E-state index contributed by atoms with van der Waals surface area (Å²) in [7, 11) is 0. The van der Waals surface area contributed by atoms with E-state index in [-0.39, 0.29) is 0 Å². The van der Waals surface area contributed by atoms with Gasteiger partial charge in [-0.3, -0.25) is 0 Å². The number of rotatable bonds is 5. The molecule has 0 unspecified atom stereocenters. The summed E-state index contributed by atoms with van der Waals surface area (Å²) < 4.78 is 8.62. The predicted octanol–water partition coefficient (Wildman–Crippen LogP) is 14.6. The molecule has 11 aromatic rings. The molecule has 0 fully saturated rings. The Kier molecular flexibility index (Phi) is 6.34. The van der Waals surface area contributed by atoms with Gasteiger partial charge in [0.2, 0.25) is 0 Å². The van der Waals surface area contributed by atoms with Crippen LogP contribution in [0.4, 0.5) is 17.1 Å². The van der Waals surface area contributed by atoms with Crippen LogP contribution < -0.4 is 4.90 Å². The molecule has 9 aromatic carbocycles. The van der Waals surface area contributed by atoms with Crippen LogP contribution in [0.15, 0.2) is 199 Å². The van der Waals surface area contributed by atoms with Crippen LogP contribution in [0.3, 0.4) is 0 Å². The molecular formula is C52H32N2O. The number of para-hydroxylation sites is 3. The maximum atomic E-state index is 6.26. The molecule has 0 bridgehead atoms. The molecule has 0 amide bonds. The molecule has 0 aliphatic heterocycles. The van der Waals surface area contributed by atoms with Crippen LogP contribution in [0.5, 0.6) is 0 Å². The molecule has 0 atom stereocenters. The lowest BCUT2D eigenvalue weighted by atomic mass is 10.0. The minimum Gasteiger partial charge on any atom is -0.456 e. The summed E-state index contributed by atoms with van der Waals surface area (Å²) >= 11 is 0. The highest BCUT2D eigenvalue weighted by atomic mass is 16.3. The van der Waals surface area contributed by atoms with Crippen molar-refractivity contribution in [2.24, 2.45) is 0 Å². The predicted molar refractivity (Wildman–Crippen MR) is 230 cm³/mol. The molecule has 0 N–H and O–H groups in total. The summed E-state index contributed by atoms with van der Waals surface area (Å²) in [5.41, 5.74) is 16.2. The average Bonchev–Trinajstić information content (AvgIpc) is 3.90. The lowest BCUT2D eigenvalue weighted by Gasteiger charge is -2.27. The van der Waals surface area contributed by atoms with Crippen LogP contribution in [0.25, 0.3) is 93.6 Å². The fourth-order valence-corrected chi connectivity index (χ4v) is 9.04. The van der Waals surface area contributed by atoms with Crippen LogP contribution in [0.2, 0.25) is 0 Å². The molecule has 0 radical (unpaired) electrons. The first kappa shape index (κ1) is 30.1. The fourth-order valence-electron chi connectivity index (χ4n) is 9.04. The van der Waals surface area contributed by atoms with E-state index in [0.29, 0.717) is 0 Å². The van der Waals surface area contributed by atoms with E-state index in [2.05, 4.69) is 191 Å². The van der Waals surface area contributed by atoms with Gasteiger partial charge < -0.3 is 13.9 Å². The van der Waals surface area contributed by atoms with Crippen LogP contribution in [0, 0.1) is 0 Å². The summed E-state index contributed by atoms with van der Waals surface area (Å²) in [6, 6.07) is 70.3. The minimum absolute atomic E-state index is 0.889. The summed E-state index contributed by atoms with van der Waals surface area (Å²) in [6.45, 7) is 0. The molecule has 3 nitrogen and oxygen atoms in total. The van der Waals surface area contributed by atoms with Gasteiger partial charge in [0.25, 0.3) is 0 Å². The second-order valence-corrected chi connectivity index (χ2v) is 14.5. The summed E-state index contributed by atoms with van der Waals surface area (Å²) in [4.78, 5) is 2.39. The third-order valence-corrected chi connectivity index (χ3v) is 11.5. The number of hydrogen-bond donors (Lipinski definition) is 0. The number of hydrogen-bond acceptors (Lipinski definition) is 2. The number of nitrogens with zero attached hydrogens (tertiary/aromatic N) is 2. The van der Waals surface area contributed by atoms with Crippen molar-refractivity contribution >= 4 is 71.6 Å². The summed E-state index contributed by atoms with van der Waals surface area (Å²) in [6.07, 6.45) is 0. The zero-order valence-corrected chi connectivity index (χ0v) is 29.8. The van der Waals surface area contributed by atoms with Crippen LogP contribution in [-0.2, 0) is 0 Å². The van der Waals surface area contributed by atoms with Gasteiger partial charge in [-0.15, -0.1) is 0 Å². The molecule has 256 valence electrons. The highest BCUT2D eigenvalue weighted by molar-refractivity contribution is 6.17. The largest absolute Gasteiger partial charge is 0.456 e. The molecule has 2 heterocycles. The topological polar surface area (TPSA) is 21.3 Å². The molecule has 1 aliphatic rings. The van der Waals surface area contributed by atoms with Gasteiger partial charge >= 0.3 is 0 Å². The van der Waals surface area contributed by atoms with E-state index in [1.165, 1.54) is 66.0 Å². The Labute approximate surface area is 317 Å². The van der Waals surface area contributed by atoms with Gasteiger partial charge in [0, 0.05) is 44.3 Å². The Hall–Kier alpha value is -7.36. The van der Waals surface area contributed by atoms with Crippen molar-refractivity contribution in [3.63, 3.8) is 0 Å². The standard InChI is InChI=1S/C52H32N2O/c1-2-12-41-40(11-1)45-16-9-10-35-30-39(32-47(41)52(35)45)53(38-28-29-51-46(31-38)44-15-5-8-19-50(44)55-51)36-24-20-33(21-25-36)34-22-26-37(27-23-34)54-48-17-6-3-13-42(48)43-14-4-7-18-49(43)54/h1-32H. The SMILES string of the molecule is c1ccc2c(c1)-c1cccc3cc(N(c4ccc(-c5ccc(-n6c7ccccc7c7ccccc76)cc5)cc4)c4ccc5oc6ccccc6c5c4)cc-2c13. The second kappa shape index (κ2) is 11.6. The Balaban J connectivity index is 0.982. The average molecular weight is 701 g/mol. The molecule has 1 aliphatic carbocycles. The summed E-state index contributed by atoms with van der Waals surface area (Å²) in [5.74, 6) is 0. The zero-order chi connectivity index (χ0) is 36.0. The minimum atomic E-state index is 0.889. The van der Waals surface area contributed by atoms with E-state index >= 15 is 0 Å². The molecule has 55 heavy (non-hydrogen) atoms. The quantitative estimate of drug-likeness (QED) is 0.178. The van der Waals surface area contributed by atoms with Crippen molar-refractivity contribution < 1.29 is 4.42 Å². The highest BCUT2D eigenvalue weighted by Gasteiger charge is 2.24. The first-order chi connectivity index (χ1) is 27.3. The third-order valence-electron chi connectivity index (χ3n) is 11.5. The molecular weight excluding hydrogens is 669 g/mol. The van der Waals surface area contributed by atoms with Crippen molar-refractivity contribution in [3.8, 4) is 39.1 Å². The fraction of sp³-hybridized carbons (Fsp3) is 0. The van der Waals surface area contributed by atoms with Gasteiger partial charge in [-0.05, 0) is 117 Å². The highest BCUT2D eigenvalue weighted by Crippen LogP contribution is 2.50. The zero-order valence-electron chi connectivity index (χ0n) is 29.8. The number of fused-ring (bicyclic) bond motifs is 9. The molecule has 12 rings (SSSR count). The Morgan fingerprint density at radius 3 is 1.69 bits per heavy atom. The van der Waals surface area contributed by atoms with Crippen LogP contribution >= 0.6 is 0 Å². The van der Waals surface area contributed by atoms with E-state index < -0.39 is 0 Å². The van der Waals surface area contributed by atoms with Gasteiger partial charge in [-0.25, -0.2) is 0 Å². The maximum Gasteiger partial charge on any atom is 0.135 e. The number of anilines is 3. The Morgan fingerprint density at radius 1 is 0.364 bits per heavy atom. The van der Waals surface area contributed by atoms with Crippen molar-refractivity contribution in [3.05, 3.63) is 194 Å². The van der Waals surface area contributed by atoms with Gasteiger partial charge in [0.1, 0.15) is 11.2 Å². The first-order valence-corrected chi connectivity index (χ1v) is 18.8. The van der Waals surface area contributed by atoms with E-state index in [4.69, 9.17) is 4.42 Å². The lowest BCUT2D eigenvalue weighted by molar-refractivity contribution is 0.669. The first-order valence-electron chi connectivity index (χ1n) is 18.8. The Morgan fingerprint density at radius 2 is 0.945 bits per heavy atom. The van der Waals surface area contributed by atoms with E-state index in [0.717, 1.165) is 44.7 Å². The van der Waals surface area contributed by atoms with Gasteiger partial charge in [-0.2, -0.15) is 0 Å². The van der Waals surface area contributed by atoms with Crippen molar-refractivity contribution in [2.45, 2.75) is 0 Å². The van der Waals surface area contributed by atoms with Crippen LogP contribution in [-0.4, -0.2) is 4.57 Å². The second-order valence-electron chi connectivity index (χ2n) is 14.5. The number of aromatic nitrogens is 1. The van der Waals surface area contributed by atoms with Crippen molar-refractivity contribution in [2.75, 3.05) is 4.90 Å². The van der Waals surface area contributed by atoms with E-state index in [9.17, 15) is 0 Å². The van der Waals surface area contributed by atoms with E-state index in [1.807, 2.05) is 12.1 Å². The maximum absolute atomic E-state index is 6.26. The van der Waals surface area contributed by atoms with Crippen LogP contribution in [0.1, 0.15) is 0 Å². The molecule has 2 aromatic heterocycles. The third kappa shape index (κ3) is 4.50. The summed E-state index contributed by atoms with van der Waals surface area (Å²) in [5, 5.41) is 7.33. The molecule has 0 saturated heterocycles. The normalized spacial score (nSPS) is 12.0. The molecule has 0 spiro atoms. The molecule has 0 saturated carbocycles. The lowest BCUT2D eigenvalue weighted by Crippen LogP contribution is -2.10. The van der Waals surface area contributed by atoms with Crippen molar-refractivity contribution in [1.82, 2.24) is 4.57 Å². The number of benzene rings is 9.